The zero-order chi connectivity index (χ0) is 15.7. The summed E-state index contributed by atoms with van der Waals surface area (Å²) in [5.74, 6) is -0.243. The second kappa shape index (κ2) is 5.99. The van der Waals surface area contributed by atoms with E-state index < -0.39 is 0 Å². The van der Waals surface area contributed by atoms with Crippen molar-refractivity contribution in [3.63, 3.8) is 0 Å². The lowest BCUT2D eigenvalue weighted by Crippen LogP contribution is -2.23. The van der Waals surface area contributed by atoms with E-state index in [0.717, 1.165) is 16.8 Å². The highest BCUT2D eigenvalue weighted by Gasteiger charge is 2.11. The van der Waals surface area contributed by atoms with E-state index in [2.05, 4.69) is 10.3 Å². The van der Waals surface area contributed by atoms with Crippen molar-refractivity contribution in [1.29, 1.82) is 0 Å². The number of aromatic nitrogens is 2. The van der Waals surface area contributed by atoms with Crippen molar-refractivity contribution < 1.29 is 4.79 Å². The van der Waals surface area contributed by atoms with Gasteiger partial charge in [0, 0.05) is 29.0 Å². The Morgan fingerprint density at radius 2 is 2.09 bits per heavy atom. The Hall–Kier alpha value is -2.04. The van der Waals surface area contributed by atoms with Gasteiger partial charge in [-0.15, -0.1) is 0 Å². The lowest BCUT2D eigenvalue weighted by molar-refractivity contribution is 0.0946. The van der Waals surface area contributed by atoms with Crippen LogP contribution in [0.5, 0.6) is 0 Å². The first kappa shape index (κ1) is 14.9. The van der Waals surface area contributed by atoms with Gasteiger partial charge in [-0.2, -0.15) is 0 Å². The number of rotatable bonds is 3. The van der Waals surface area contributed by atoms with Crippen LogP contribution < -0.4 is 5.32 Å². The molecule has 0 atom stereocenters. The van der Waals surface area contributed by atoms with Crippen molar-refractivity contribution in [2.45, 2.75) is 13.5 Å². The molecule has 1 amide bonds. The van der Waals surface area contributed by atoms with Crippen LogP contribution in [-0.4, -0.2) is 15.3 Å². The molecule has 0 aliphatic heterocycles. The molecule has 0 aliphatic rings. The third kappa shape index (κ3) is 3.08. The van der Waals surface area contributed by atoms with E-state index in [9.17, 15) is 4.79 Å². The smallest absolute Gasteiger partial charge is 0.271 e. The molecule has 0 saturated heterocycles. The predicted molar refractivity (Wildman–Crippen MR) is 87.6 cm³/mol. The van der Waals surface area contributed by atoms with Gasteiger partial charge in [-0.1, -0.05) is 29.3 Å². The van der Waals surface area contributed by atoms with E-state index in [0.29, 0.717) is 22.3 Å². The summed E-state index contributed by atoms with van der Waals surface area (Å²) in [5.41, 5.74) is 3.02. The number of carbonyl (C=O) groups is 1. The highest BCUT2D eigenvalue weighted by atomic mass is 35.5. The zero-order valence-corrected chi connectivity index (χ0v) is 13.3. The van der Waals surface area contributed by atoms with Gasteiger partial charge in [0.15, 0.2) is 0 Å². The summed E-state index contributed by atoms with van der Waals surface area (Å²) in [6.45, 7) is 2.30. The maximum atomic E-state index is 12.2. The Labute approximate surface area is 137 Å². The lowest BCUT2D eigenvalue weighted by Gasteiger charge is -2.05. The third-order valence-corrected chi connectivity index (χ3v) is 3.89. The van der Waals surface area contributed by atoms with Gasteiger partial charge in [0.25, 0.3) is 5.91 Å². The molecule has 112 valence electrons. The maximum absolute atomic E-state index is 12.2. The summed E-state index contributed by atoms with van der Waals surface area (Å²) in [4.78, 5) is 16.5. The minimum Gasteiger partial charge on any atom is -0.347 e. The van der Waals surface area contributed by atoms with Crippen LogP contribution in [-0.2, 0) is 6.54 Å². The van der Waals surface area contributed by atoms with Crippen molar-refractivity contribution in [1.82, 2.24) is 14.7 Å². The van der Waals surface area contributed by atoms with E-state index >= 15 is 0 Å². The molecule has 6 heteroatoms. The summed E-state index contributed by atoms with van der Waals surface area (Å²) in [7, 11) is 0. The maximum Gasteiger partial charge on any atom is 0.271 e. The molecule has 0 saturated carbocycles. The Balaban J connectivity index is 1.75. The molecule has 4 nitrogen and oxygen atoms in total. The van der Waals surface area contributed by atoms with Crippen molar-refractivity contribution >= 4 is 34.8 Å². The standard InChI is InChI=1S/C16H13Cl2N3O/c1-10-4-5-21-9-14(20-15(21)6-10)16(22)19-8-11-2-3-12(17)7-13(11)18/h2-7,9H,8H2,1H3,(H,19,22). The highest BCUT2D eigenvalue weighted by molar-refractivity contribution is 6.35. The van der Waals surface area contributed by atoms with Crippen LogP contribution in [0.2, 0.25) is 10.0 Å². The van der Waals surface area contributed by atoms with Gasteiger partial charge in [-0.25, -0.2) is 4.98 Å². The number of hydrogen-bond acceptors (Lipinski definition) is 2. The summed E-state index contributed by atoms with van der Waals surface area (Å²) >= 11 is 11.9. The van der Waals surface area contributed by atoms with Gasteiger partial charge in [0.2, 0.25) is 0 Å². The van der Waals surface area contributed by atoms with E-state index in [1.54, 1.807) is 24.4 Å². The van der Waals surface area contributed by atoms with Gasteiger partial charge in [-0.3, -0.25) is 4.79 Å². The van der Waals surface area contributed by atoms with Crippen molar-refractivity contribution in [3.05, 3.63) is 69.6 Å². The Bertz CT molecular complexity index is 858. The molecule has 3 rings (SSSR count). The molecular formula is C16H13Cl2N3O. The topological polar surface area (TPSA) is 46.4 Å². The van der Waals surface area contributed by atoms with Crippen LogP contribution in [0.4, 0.5) is 0 Å². The fourth-order valence-corrected chi connectivity index (χ4v) is 2.60. The SMILES string of the molecule is Cc1ccn2cc(C(=O)NCc3ccc(Cl)cc3Cl)nc2c1. The first-order valence-electron chi connectivity index (χ1n) is 6.70. The number of amides is 1. The average molecular weight is 334 g/mol. The first-order chi connectivity index (χ1) is 10.5. The van der Waals surface area contributed by atoms with Crippen LogP contribution >= 0.6 is 23.2 Å². The predicted octanol–water partition coefficient (Wildman–Crippen LogP) is 3.88. The van der Waals surface area contributed by atoms with Crippen LogP contribution in [0.1, 0.15) is 21.6 Å². The Morgan fingerprint density at radius 1 is 1.27 bits per heavy atom. The molecule has 22 heavy (non-hydrogen) atoms. The molecule has 0 bridgehead atoms. The normalized spacial score (nSPS) is 10.9. The molecule has 1 N–H and O–H groups in total. The van der Waals surface area contributed by atoms with E-state index in [4.69, 9.17) is 23.2 Å². The second-order valence-corrected chi connectivity index (χ2v) is 5.86. The fraction of sp³-hybridized carbons (Fsp3) is 0.125. The second-order valence-electron chi connectivity index (χ2n) is 5.01. The number of aryl methyl sites for hydroxylation is 1. The Kier molecular flexibility index (Phi) is 4.05. The number of carbonyl (C=O) groups excluding carboxylic acids is 1. The van der Waals surface area contributed by atoms with Crippen molar-refractivity contribution in [3.8, 4) is 0 Å². The zero-order valence-electron chi connectivity index (χ0n) is 11.8. The molecule has 3 aromatic rings. The molecule has 0 aliphatic carbocycles. The van der Waals surface area contributed by atoms with Gasteiger partial charge < -0.3 is 9.72 Å². The number of fused-ring (bicyclic) bond motifs is 1. The van der Waals surface area contributed by atoms with Gasteiger partial charge in [0.1, 0.15) is 11.3 Å². The molecule has 1 aromatic carbocycles. The Morgan fingerprint density at radius 3 is 2.86 bits per heavy atom. The highest BCUT2D eigenvalue weighted by Crippen LogP contribution is 2.20. The number of imidazole rings is 1. The van der Waals surface area contributed by atoms with Crippen LogP contribution in [0.25, 0.3) is 5.65 Å². The summed E-state index contributed by atoms with van der Waals surface area (Å²) in [6.07, 6.45) is 3.58. The number of halogens is 2. The summed E-state index contributed by atoms with van der Waals surface area (Å²) in [6, 6.07) is 9.07. The molecule has 0 spiro atoms. The van der Waals surface area contributed by atoms with Gasteiger partial charge in [-0.05, 0) is 42.3 Å². The van der Waals surface area contributed by atoms with Crippen LogP contribution in [0.3, 0.4) is 0 Å². The number of pyridine rings is 1. The number of nitrogens with zero attached hydrogens (tertiary/aromatic N) is 2. The van der Waals surface area contributed by atoms with Crippen LogP contribution in [0.15, 0.2) is 42.7 Å². The number of benzene rings is 1. The molecule has 2 aromatic heterocycles. The van der Waals surface area contributed by atoms with E-state index in [1.165, 1.54) is 0 Å². The minimum atomic E-state index is -0.243. The molecule has 2 heterocycles. The van der Waals surface area contributed by atoms with Crippen molar-refractivity contribution in [2.75, 3.05) is 0 Å². The van der Waals surface area contributed by atoms with Crippen LogP contribution in [0, 0.1) is 6.92 Å². The fourth-order valence-electron chi connectivity index (χ4n) is 2.12. The van der Waals surface area contributed by atoms with E-state index in [1.807, 2.05) is 29.7 Å². The summed E-state index contributed by atoms with van der Waals surface area (Å²) < 4.78 is 1.82. The van der Waals surface area contributed by atoms with E-state index in [-0.39, 0.29) is 5.91 Å². The first-order valence-corrected chi connectivity index (χ1v) is 7.46. The molecule has 0 fully saturated rings. The van der Waals surface area contributed by atoms with Gasteiger partial charge >= 0.3 is 0 Å². The molecule has 0 unspecified atom stereocenters. The third-order valence-electron chi connectivity index (χ3n) is 3.30. The lowest BCUT2D eigenvalue weighted by atomic mass is 10.2. The number of nitrogens with one attached hydrogen (secondary N) is 1. The van der Waals surface area contributed by atoms with Crippen molar-refractivity contribution in [2.24, 2.45) is 0 Å². The quantitative estimate of drug-likeness (QED) is 0.790. The minimum absolute atomic E-state index is 0.243. The molecular weight excluding hydrogens is 321 g/mol. The number of hydrogen-bond donors (Lipinski definition) is 1. The average Bonchev–Trinajstić information content (AvgIpc) is 2.89. The molecule has 0 radical (unpaired) electrons. The summed E-state index contributed by atoms with van der Waals surface area (Å²) in [5, 5.41) is 3.90. The van der Waals surface area contributed by atoms with Gasteiger partial charge in [0.05, 0.1) is 0 Å². The monoisotopic (exact) mass is 333 g/mol. The largest absolute Gasteiger partial charge is 0.347 e.